The molecule has 2 heterocycles. The lowest BCUT2D eigenvalue weighted by atomic mass is 10.0. The molecule has 94 valence electrons. The average Bonchev–Trinajstić information content (AvgIpc) is 3.03. The van der Waals surface area contributed by atoms with Gasteiger partial charge in [0.15, 0.2) is 0 Å². The van der Waals surface area contributed by atoms with Gasteiger partial charge in [-0.15, -0.1) is 0 Å². The monoisotopic (exact) mass is 234 g/mol. The zero-order chi connectivity index (χ0) is 12.2. The predicted molar refractivity (Wildman–Crippen MR) is 68.8 cm³/mol. The molecule has 0 unspecified atom stereocenters. The van der Waals surface area contributed by atoms with E-state index in [1.54, 1.807) is 0 Å². The first-order chi connectivity index (χ1) is 7.97. The first-order valence-electron chi connectivity index (χ1n) is 6.57. The van der Waals surface area contributed by atoms with Crippen LogP contribution in [0.15, 0.2) is 0 Å². The number of nitrogen functional groups attached to an aromatic ring is 1. The van der Waals surface area contributed by atoms with Crippen LogP contribution in [-0.2, 0) is 18.5 Å². The SMILES string of the molecule is CC(C)(C)n1nc(N)c2c1CN(C1CC1)CC2. The van der Waals surface area contributed by atoms with Crippen LogP contribution in [0.5, 0.6) is 0 Å². The highest BCUT2D eigenvalue weighted by Gasteiger charge is 2.35. The molecule has 0 radical (unpaired) electrons. The zero-order valence-corrected chi connectivity index (χ0v) is 11.0. The van der Waals surface area contributed by atoms with Gasteiger partial charge in [-0.3, -0.25) is 9.58 Å². The van der Waals surface area contributed by atoms with Crippen LogP contribution < -0.4 is 5.73 Å². The van der Waals surface area contributed by atoms with Gasteiger partial charge in [0.1, 0.15) is 5.82 Å². The smallest absolute Gasteiger partial charge is 0.149 e. The molecule has 0 amide bonds. The number of fused-ring (bicyclic) bond motifs is 1. The Bertz CT molecular complexity index is 437. The molecule has 0 spiro atoms. The van der Waals surface area contributed by atoms with Crippen LogP contribution in [0.25, 0.3) is 0 Å². The highest BCUT2D eigenvalue weighted by atomic mass is 15.4. The van der Waals surface area contributed by atoms with Crippen molar-refractivity contribution in [1.29, 1.82) is 0 Å². The lowest BCUT2D eigenvalue weighted by Gasteiger charge is -2.30. The topological polar surface area (TPSA) is 47.1 Å². The summed E-state index contributed by atoms with van der Waals surface area (Å²) in [6, 6.07) is 0.827. The van der Waals surface area contributed by atoms with Crippen molar-refractivity contribution in [3.8, 4) is 0 Å². The fourth-order valence-electron chi connectivity index (χ4n) is 2.77. The number of hydrogen-bond acceptors (Lipinski definition) is 3. The summed E-state index contributed by atoms with van der Waals surface area (Å²) in [5.41, 5.74) is 8.70. The van der Waals surface area contributed by atoms with Gasteiger partial charge in [-0.2, -0.15) is 5.10 Å². The van der Waals surface area contributed by atoms with Gasteiger partial charge < -0.3 is 5.73 Å². The third kappa shape index (κ3) is 1.84. The minimum Gasteiger partial charge on any atom is -0.382 e. The molecule has 0 bridgehead atoms. The van der Waals surface area contributed by atoms with Crippen molar-refractivity contribution in [1.82, 2.24) is 14.7 Å². The minimum absolute atomic E-state index is 0.0221. The van der Waals surface area contributed by atoms with Crippen LogP contribution in [0.1, 0.15) is 44.9 Å². The van der Waals surface area contributed by atoms with Crippen molar-refractivity contribution in [3.05, 3.63) is 11.3 Å². The Morgan fingerprint density at radius 3 is 2.59 bits per heavy atom. The van der Waals surface area contributed by atoms with E-state index in [1.165, 1.54) is 24.1 Å². The van der Waals surface area contributed by atoms with Gasteiger partial charge in [0.25, 0.3) is 0 Å². The highest BCUT2D eigenvalue weighted by molar-refractivity contribution is 5.44. The summed E-state index contributed by atoms with van der Waals surface area (Å²) in [5.74, 6) is 0.741. The molecule has 2 N–H and O–H groups in total. The molecule has 2 aliphatic rings. The fourth-order valence-corrected chi connectivity index (χ4v) is 2.77. The molecule has 1 fully saturated rings. The second-order valence-corrected chi connectivity index (χ2v) is 6.34. The van der Waals surface area contributed by atoms with Crippen LogP contribution in [0.4, 0.5) is 5.82 Å². The number of nitrogens with two attached hydrogens (primary N) is 1. The van der Waals surface area contributed by atoms with Crippen molar-refractivity contribution in [3.63, 3.8) is 0 Å². The second-order valence-electron chi connectivity index (χ2n) is 6.34. The minimum atomic E-state index is 0.0221. The number of aromatic nitrogens is 2. The summed E-state index contributed by atoms with van der Waals surface area (Å²) < 4.78 is 2.13. The van der Waals surface area contributed by atoms with Crippen LogP contribution in [0.2, 0.25) is 0 Å². The lowest BCUT2D eigenvalue weighted by molar-refractivity contribution is 0.222. The fraction of sp³-hybridized carbons (Fsp3) is 0.769. The molecule has 4 nitrogen and oxygen atoms in total. The van der Waals surface area contributed by atoms with Crippen LogP contribution >= 0.6 is 0 Å². The van der Waals surface area contributed by atoms with Gasteiger partial charge in [0.05, 0.1) is 11.2 Å². The van der Waals surface area contributed by atoms with E-state index in [2.05, 4.69) is 35.5 Å². The van der Waals surface area contributed by atoms with E-state index in [4.69, 9.17) is 5.73 Å². The first-order valence-corrected chi connectivity index (χ1v) is 6.57. The zero-order valence-electron chi connectivity index (χ0n) is 11.0. The van der Waals surface area contributed by atoms with Crippen molar-refractivity contribution in [2.75, 3.05) is 12.3 Å². The molecule has 1 aliphatic carbocycles. The summed E-state index contributed by atoms with van der Waals surface area (Å²) >= 11 is 0. The normalized spacial score (nSPS) is 21.6. The summed E-state index contributed by atoms with van der Waals surface area (Å²) in [7, 11) is 0. The molecule has 0 saturated heterocycles. The average molecular weight is 234 g/mol. The van der Waals surface area contributed by atoms with E-state index in [0.29, 0.717) is 0 Å². The van der Waals surface area contributed by atoms with Crippen molar-refractivity contribution >= 4 is 5.82 Å². The summed E-state index contributed by atoms with van der Waals surface area (Å²) in [5, 5.41) is 4.55. The number of hydrogen-bond donors (Lipinski definition) is 1. The molecular weight excluding hydrogens is 212 g/mol. The van der Waals surface area contributed by atoms with E-state index < -0.39 is 0 Å². The molecule has 4 heteroatoms. The predicted octanol–water partition coefficient (Wildman–Crippen LogP) is 1.74. The highest BCUT2D eigenvalue weighted by Crippen LogP contribution is 2.34. The maximum Gasteiger partial charge on any atom is 0.149 e. The Balaban J connectivity index is 1.98. The molecule has 0 atom stereocenters. The second kappa shape index (κ2) is 3.48. The maximum atomic E-state index is 6.05. The number of anilines is 1. The quantitative estimate of drug-likeness (QED) is 0.805. The van der Waals surface area contributed by atoms with Gasteiger partial charge >= 0.3 is 0 Å². The number of nitrogens with zero attached hydrogens (tertiary/aromatic N) is 3. The van der Waals surface area contributed by atoms with Crippen LogP contribution in [0.3, 0.4) is 0 Å². The van der Waals surface area contributed by atoms with E-state index in [9.17, 15) is 0 Å². The van der Waals surface area contributed by atoms with E-state index in [-0.39, 0.29) is 5.54 Å². The Hall–Kier alpha value is -1.03. The third-order valence-corrected chi connectivity index (χ3v) is 3.82. The summed E-state index contributed by atoms with van der Waals surface area (Å²) in [6.45, 7) is 8.75. The van der Waals surface area contributed by atoms with Crippen LogP contribution in [0, 0.1) is 0 Å². The van der Waals surface area contributed by atoms with Crippen molar-refractivity contribution < 1.29 is 0 Å². The van der Waals surface area contributed by atoms with Gasteiger partial charge in [0.2, 0.25) is 0 Å². The summed E-state index contributed by atoms with van der Waals surface area (Å²) in [6.07, 6.45) is 3.80. The third-order valence-electron chi connectivity index (χ3n) is 3.82. The Labute approximate surface area is 103 Å². The van der Waals surface area contributed by atoms with Crippen LogP contribution in [-0.4, -0.2) is 27.3 Å². The van der Waals surface area contributed by atoms with Gasteiger partial charge in [0, 0.05) is 24.7 Å². The first kappa shape index (κ1) is 11.1. The molecule has 1 aromatic rings. The van der Waals surface area contributed by atoms with E-state index >= 15 is 0 Å². The molecule has 1 aromatic heterocycles. The maximum absolute atomic E-state index is 6.05. The largest absolute Gasteiger partial charge is 0.382 e. The molecule has 0 aromatic carbocycles. The molecule has 1 saturated carbocycles. The standard InChI is InChI=1S/C13H22N4/c1-13(2,3)17-11-8-16(9-4-5-9)7-6-10(11)12(14)15-17/h9H,4-8H2,1-3H3,(H2,14,15). The van der Waals surface area contributed by atoms with Crippen molar-refractivity contribution in [2.45, 2.75) is 58.2 Å². The molecule has 3 rings (SSSR count). The Morgan fingerprint density at radius 2 is 2.00 bits per heavy atom. The van der Waals surface area contributed by atoms with Gasteiger partial charge in [-0.1, -0.05) is 0 Å². The van der Waals surface area contributed by atoms with E-state index in [1.807, 2.05) is 0 Å². The van der Waals surface area contributed by atoms with E-state index in [0.717, 1.165) is 31.4 Å². The Kier molecular flexibility index (Phi) is 2.27. The summed E-state index contributed by atoms with van der Waals surface area (Å²) in [4.78, 5) is 2.59. The molecule has 17 heavy (non-hydrogen) atoms. The lowest BCUT2D eigenvalue weighted by Crippen LogP contribution is -2.35. The van der Waals surface area contributed by atoms with Crippen molar-refractivity contribution in [2.24, 2.45) is 0 Å². The van der Waals surface area contributed by atoms with Gasteiger partial charge in [-0.05, 0) is 40.0 Å². The molecule has 1 aliphatic heterocycles. The Morgan fingerprint density at radius 1 is 1.29 bits per heavy atom. The van der Waals surface area contributed by atoms with Gasteiger partial charge in [-0.25, -0.2) is 0 Å². The molecular formula is C13H22N4. The number of rotatable bonds is 1.